The number of amides is 1. The van der Waals surface area contributed by atoms with Crippen molar-refractivity contribution in [2.45, 2.75) is 24.8 Å². The highest BCUT2D eigenvalue weighted by Gasteiger charge is 2.27. The molecule has 4 aromatic rings. The molecule has 0 saturated carbocycles. The summed E-state index contributed by atoms with van der Waals surface area (Å²) < 4.78 is 44.9. The minimum Gasteiger partial charge on any atom is -0.491 e. The summed E-state index contributed by atoms with van der Waals surface area (Å²) in [6.45, 7) is 2.60. The Kier molecular flexibility index (Phi) is 6.55. The molecular weight excluding hydrogens is 493 g/mol. The van der Waals surface area contributed by atoms with Gasteiger partial charge < -0.3 is 9.64 Å². The average molecular weight is 520 g/mol. The van der Waals surface area contributed by atoms with Crippen LogP contribution >= 0.6 is 0 Å². The molecule has 0 aliphatic carbocycles. The number of rotatable bonds is 5. The molecular formula is C28H26FN3O4S. The molecule has 9 heteroatoms. The first-order valence-electron chi connectivity index (χ1n) is 11.9. The first-order chi connectivity index (χ1) is 17.8. The molecule has 1 aliphatic rings. The van der Waals surface area contributed by atoms with Gasteiger partial charge in [-0.15, -0.1) is 0 Å². The van der Waals surface area contributed by atoms with Crippen molar-refractivity contribution in [3.8, 4) is 28.0 Å². The van der Waals surface area contributed by atoms with Crippen LogP contribution in [-0.2, 0) is 22.8 Å². The largest absolute Gasteiger partial charge is 0.491 e. The van der Waals surface area contributed by atoms with Crippen molar-refractivity contribution < 1.29 is 22.3 Å². The quantitative estimate of drug-likeness (QED) is 0.406. The maximum Gasteiger partial charge on any atom is 0.254 e. The van der Waals surface area contributed by atoms with Crippen molar-refractivity contribution >= 4 is 15.7 Å². The zero-order chi connectivity index (χ0) is 26.2. The summed E-state index contributed by atoms with van der Waals surface area (Å²) in [6, 6.07) is 16.6. The van der Waals surface area contributed by atoms with Gasteiger partial charge in [0, 0.05) is 41.3 Å². The summed E-state index contributed by atoms with van der Waals surface area (Å²) in [5, 5.41) is 6.81. The lowest BCUT2D eigenvalue weighted by molar-refractivity contribution is 0.0731. The Balaban J connectivity index is 1.44. The highest BCUT2D eigenvalue weighted by molar-refractivity contribution is 7.90. The number of nitrogens with one attached hydrogen (secondary N) is 1. The first kappa shape index (κ1) is 24.7. The fraction of sp³-hybridized carbons (Fsp3) is 0.214. The zero-order valence-corrected chi connectivity index (χ0v) is 21.3. The summed E-state index contributed by atoms with van der Waals surface area (Å²) in [5.41, 5.74) is 5.16. The molecule has 1 N–H and O–H groups in total. The van der Waals surface area contributed by atoms with Gasteiger partial charge in [0.05, 0.1) is 12.7 Å². The highest BCUT2D eigenvalue weighted by Crippen LogP contribution is 2.32. The van der Waals surface area contributed by atoms with Gasteiger partial charge in [0.1, 0.15) is 23.1 Å². The number of carbonyl (C=O) groups excluding carboxylic acids is 1. The van der Waals surface area contributed by atoms with Crippen molar-refractivity contribution in [1.29, 1.82) is 0 Å². The number of benzene rings is 3. The molecule has 1 amide bonds. The minimum absolute atomic E-state index is 0.102. The average Bonchev–Trinajstić information content (AvgIpc) is 3.34. The first-order valence-corrected chi connectivity index (χ1v) is 13.8. The number of hydrogen-bond acceptors (Lipinski definition) is 5. The van der Waals surface area contributed by atoms with Crippen LogP contribution in [-0.4, -0.2) is 48.8 Å². The third-order valence-corrected chi connectivity index (χ3v) is 7.68. The van der Waals surface area contributed by atoms with Gasteiger partial charge in [-0.05, 0) is 47.4 Å². The number of halogens is 1. The predicted molar refractivity (Wildman–Crippen MR) is 139 cm³/mol. The molecule has 2 heterocycles. The van der Waals surface area contributed by atoms with E-state index in [1.54, 1.807) is 18.0 Å². The molecule has 190 valence electrons. The third-order valence-electron chi connectivity index (χ3n) is 6.57. The Morgan fingerprint density at radius 3 is 2.41 bits per heavy atom. The fourth-order valence-corrected chi connectivity index (χ4v) is 5.38. The maximum atomic E-state index is 15.1. The Labute approximate surface area is 214 Å². The molecule has 0 fully saturated rings. The van der Waals surface area contributed by atoms with E-state index in [4.69, 9.17) is 4.74 Å². The Morgan fingerprint density at radius 1 is 1.05 bits per heavy atom. The molecule has 0 spiro atoms. The lowest BCUT2D eigenvalue weighted by Gasteiger charge is -2.22. The second kappa shape index (κ2) is 9.82. The number of sulfone groups is 1. The number of hydrogen-bond donors (Lipinski definition) is 1. The van der Waals surface area contributed by atoms with Gasteiger partial charge in [0.25, 0.3) is 5.91 Å². The number of ether oxygens (including phenoxy) is 1. The van der Waals surface area contributed by atoms with Crippen LogP contribution in [0, 0.1) is 5.82 Å². The van der Waals surface area contributed by atoms with Crippen LogP contribution in [0.1, 0.15) is 28.4 Å². The molecule has 0 atom stereocenters. The van der Waals surface area contributed by atoms with Gasteiger partial charge in [-0.2, -0.15) is 5.10 Å². The van der Waals surface area contributed by atoms with Crippen molar-refractivity contribution in [1.82, 2.24) is 15.1 Å². The standard InChI is InChI=1S/C28H26FN3O4S/c1-3-23-24(9-11-26(27(23)29)37(2,34)35)28(33)32-12-13-36-25-10-8-20(14-21(25)17-32)18-4-6-19(7-5-18)22-15-30-31-16-22/h4-11,14-16H,3,12-13,17H2,1-2H3,(H,30,31). The molecule has 5 rings (SSSR count). The van der Waals surface area contributed by atoms with E-state index in [2.05, 4.69) is 10.2 Å². The molecule has 0 saturated heterocycles. The normalized spacial score (nSPS) is 13.5. The number of aromatic amines is 1. The van der Waals surface area contributed by atoms with Crippen LogP contribution in [0.4, 0.5) is 4.39 Å². The molecule has 37 heavy (non-hydrogen) atoms. The van der Waals surface area contributed by atoms with E-state index in [1.165, 1.54) is 12.1 Å². The van der Waals surface area contributed by atoms with Crippen LogP contribution in [0.3, 0.4) is 0 Å². The Hall–Kier alpha value is -3.98. The van der Waals surface area contributed by atoms with Gasteiger partial charge >= 0.3 is 0 Å². The predicted octanol–water partition coefficient (Wildman–Crippen LogP) is 4.88. The Morgan fingerprint density at radius 2 is 1.76 bits per heavy atom. The molecule has 0 radical (unpaired) electrons. The van der Waals surface area contributed by atoms with Gasteiger partial charge in [-0.3, -0.25) is 9.89 Å². The van der Waals surface area contributed by atoms with Crippen LogP contribution in [0.2, 0.25) is 0 Å². The number of carbonyl (C=O) groups is 1. The van der Waals surface area contributed by atoms with Crippen molar-refractivity contribution in [3.63, 3.8) is 0 Å². The van der Waals surface area contributed by atoms with Gasteiger partial charge in [0.15, 0.2) is 9.84 Å². The fourth-order valence-electron chi connectivity index (χ4n) is 4.61. The van der Waals surface area contributed by atoms with E-state index in [1.807, 2.05) is 48.7 Å². The topological polar surface area (TPSA) is 92.4 Å². The second-order valence-corrected chi connectivity index (χ2v) is 11.0. The summed E-state index contributed by atoms with van der Waals surface area (Å²) in [4.78, 5) is 14.7. The van der Waals surface area contributed by atoms with Crippen molar-refractivity contribution in [2.24, 2.45) is 0 Å². The lowest BCUT2D eigenvalue weighted by atomic mass is 9.99. The van der Waals surface area contributed by atoms with Crippen LogP contribution in [0.25, 0.3) is 22.3 Å². The zero-order valence-electron chi connectivity index (χ0n) is 20.5. The summed E-state index contributed by atoms with van der Waals surface area (Å²) >= 11 is 0. The second-order valence-electron chi connectivity index (χ2n) is 8.99. The minimum atomic E-state index is -3.75. The third kappa shape index (κ3) is 4.86. The Bertz CT molecular complexity index is 1570. The summed E-state index contributed by atoms with van der Waals surface area (Å²) in [7, 11) is -3.75. The van der Waals surface area contributed by atoms with E-state index < -0.39 is 20.5 Å². The smallest absolute Gasteiger partial charge is 0.254 e. The van der Waals surface area contributed by atoms with E-state index in [-0.39, 0.29) is 30.0 Å². The van der Waals surface area contributed by atoms with Gasteiger partial charge in [-0.1, -0.05) is 37.3 Å². The molecule has 1 aromatic heterocycles. The van der Waals surface area contributed by atoms with E-state index >= 15 is 4.39 Å². The molecule has 3 aromatic carbocycles. The van der Waals surface area contributed by atoms with Gasteiger partial charge in [-0.25, -0.2) is 12.8 Å². The highest BCUT2D eigenvalue weighted by atomic mass is 32.2. The van der Waals surface area contributed by atoms with E-state index in [0.717, 1.165) is 34.1 Å². The number of fused-ring (bicyclic) bond motifs is 1. The number of aromatic nitrogens is 2. The van der Waals surface area contributed by atoms with Crippen LogP contribution < -0.4 is 4.74 Å². The monoisotopic (exact) mass is 519 g/mol. The van der Waals surface area contributed by atoms with Gasteiger partial charge in [0.2, 0.25) is 0 Å². The number of nitrogens with zero attached hydrogens (tertiary/aromatic N) is 2. The molecule has 0 unspecified atom stereocenters. The summed E-state index contributed by atoms with van der Waals surface area (Å²) in [6.07, 6.45) is 4.75. The van der Waals surface area contributed by atoms with E-state index in [9.17, 15) is 13.2 Å². The van der Waals surface area contributed by atoms with Crippen LogP contribution in [0.15, 0.2) is 71.9 Å². The van der Waals surface area contributed by atoms with Crippen LogP contribution in [0.5, 0.6) is 5.75 Å². The van der Waals surface area contributed by atoms with E-state index in [0.29, 0.717) is 18.9 Å². The molecule has 0 bridgehead atoms. The van der Waals surface area contributed by atoms with Crippen molar-refractivity contribution in [3.05, 3.63) is 89.5 Å². The molecule has 1 aliphatic heterocycles. The SMILES string of the molecule is CCc1c(C(=O)N2CCOc3ccc(-c4ccc(-c5cn[nH]c5)cc4)cc3C2)ccc(S(C)(=O)=O)c1F. The van der Waals surface area contributed by atoms with Crippen molar-refractivity contribution in [2.75, 3.05) is 19.4 Å². The maximum absolute atomic E-state index is 15.1. The molecule has 7 nitrogen and oxygen atoms in total. The summed E-state index contributed by atoms with van der Waals surface area (Å²) in [5.74, 6) is -0.519. The number of H-pyrrole nitrogens is 1. The lowest BCUT2D eigenvalue weighted by Crippen LogP contribution is -2.33.